The number of hydrogen-bond acceptors (Lipinski definition) is 2. The largest absolute Gasteiger partial charge is 0.457 e. The second-order valence-corrected chi connectivity index (χ2v) is 12.5. The van der Waals surface area contributed by atoms with Gasteiger partial charge in [-0.3, -0.25) is 0 Å². The molecule has 0 bridgehead atoms. The molecule has 0 radical (unpaired) electrons. The number of nitrogens with zero attached hydrogens (tertiary/aromatic N) is 1. The highest BCUT2D eigenvalue weighted by Crippen LogP contribution is 2.65. The number of fused-ring (bicyclic) bond motifs is 10. The maximum absolute atomic E-state index is 6.70. The summed E-state index contributed by atoms with van der Waals surface area (Å²) in [4.78, 5) is 2.57. The van der Waals surface area contributed by atoms with Crippen molar-refractivity contribution in [3.8, 4) is 44.9 Å². The number of anilines is 2. The lowest BCUT2D eigenvalue weighted by Crippen LogP contribution is -2.41. The Labute approximate surface area is 268 Å². The van der Waals surface area contributed by atoms with Gasteiger partial charge >= 0.3 is 0 Å². The summed E-state index contributed by atoms with van der Waals surface area (Å²) in [6, 6.07) is 59.8. The quantitative estimate of drug-likeness (QED) is 0.199. The van der Waals surface area contributed by atoms with Crippen molar-refractivity contribution in [1.82, 2.24) is 0 Å². The predicted octanol–water partition coefficient (Wildman–Crippen LogP) is 11.1. The third kappa shape index (κ3) is 3.41. The van der Waals surface area contributed by atoms with Gasteiger partial charge in [0.25, 0.3) is 0 Å². The van der Waals surface area contributed by atoms with Crippen LogP contribution in [0.3, 0.4) is 0 Å². The van der Waals surface area contributed by atoms with Crippen LogP contribution < -0.4 is 9.64 Å². The Morgan fingerprint density at radius 1 is 0.435 bits per heavy atom. The summed E-state index contributed by atoms with van der Waals surface area (Å²) in [6.07, 6.45) is 0. The highest BCUT2D eigenvalue weighted by molar-refractivity contribution is 5.99. The molecule has 10 rings (SSSR count). The molecule has 216 valence electrons. The molecule has 0 aliphatic carbocycles. The van der Waals surface area contributed by atoms with Crippen LogP contribution in [0.4, 0.5) is 11.4 Å². The first-order valence-corrected chi connectivity index (χ1v) is 16.0. The lowest BCUT2D eigenvalue weighted by Gasteiger charge is -2.50. The van der Waals surface area contributed by atoms with E-state index in [1.807, 2.05) is 0 Å². The van der Waals surface area contributed by atoms with Crippen molar-refractivity contribution in [2.75, 3.05) is 4.90 Å². The van der Waals surface area contributed by atoms with E-state index in [0.29, 0.717) is 0 Å². The molecule has 7 aromatic rings. The van der Waals surface area contributed by atoms with E-state index in [1.54, 1.807) is 0 Å². The van der Waals surface area contributed by atoms with E-state index in [4.69, 9.17) is 4.74 Å². The summed E-state index contributed by atoms with van der Waals surface area (Å²) in [5, 5.41) is 0. The third-order valence-corrected chi connectivity index (χ3v) is 10.1. The summed E-state index contributed by atoms with van der Waals surface area (Å²) < 4.78 is 6.70. The first-order valence-electron chi connectivity index (χ1n) is 16.0. The minimum atomic E-state index is -0.608. The summed E-state index contributed by atoms with van der Waals surface area (Å²) >= 11 is 0. The Bertz CT molecular complexity index is 2280. The van der Waals surface area contributed by atoms with Crippen molar-refractivity contribution in [3.63, 3.8) is 0 Å². The fourth-order valence-electron chi connectivity index (χ4n) is 8.19. The summed E-state index contributed by atoms with van der Waals surface area (Å²) in [6.45, 7) is 0.814. The first kappa shape index (κ1) is 25.5. The van der Waals surface area contributed by atoms with Crippen LogP contribution in [0.15, 0.2) is 164 Å². The molecule has 0 N–H and O–H groups in total. The van der Waals surface area contributed by atoms with E-state index in [1.165, 1.54) is 72.6 Å². The number of ether oxygens (including phenoxy) is 1. The van der Waals surface area contributed by atoms with E-state index < -0.39 is 5.41 Å². The van der Waals surface area contributed by atoms with Crippen LogP contribution in [0, 0.1) is 0 Å². The van der Waals surface area contributed by atoms with Crippen LogP contribution in [0.25, 0.3) is 33.4 Å². The number of benzene rings is 7. The van der Waals surface area contributed by atoms with E-state index in [9.17, 15) is 0 Å². The van der Waals surface area contributed by atoms with Crippen molar-refractivity contribution in [1.29, 1.82) is 0 Å². The van der Waals surface area contributed by atoms with Crippen molar-refractivity contribution in [3.05, 3.63) is 192 Å². The number of hydrogen-bond donors (Lipinski definition) is 0. The summed E-state index contributed by atoms with van der Waals surface area (Å²) in [5.41, 5.74) is 15.6. The van der Waals surface area contributed by atoms with Gasteiger partial charge in [0.1, 0.15) is 11.5 Å². The van der Waals surface area contributed by atoms with Crippen LogP contribution >= 0.6 is 0 Å². The van der Waals surface area contributed by atoms with Crippen LogP contribution in [0.2, 0.25) is 0 Å². The molecule has 46 heavy (non-hydrogen) atoms. The zero-order valence-corrected chi connectivity index (χ0v) is 25.2. The van der Waals surface area contributed by atoms with Gasteiger partial charge in [-0.15, -0.1) is 0 Å². The zero-order valence-electron chi connectivity index (χ0n) is 25.2. The maximum atomic E-state index is 6.70. The summed E-state index contributed by atoms with van der Waals surface area (Å²) in [5.74, 6) is 1.81. The molecular weight excluding hydrogens is 558 g/mol. The molecule has 0 saturated carbocycles. The number of para-hydroxylation sites is 2. The number of rotatable bonds is 2. The van der Waals surface area contributed by atoms with Gasteiger partial charge in [0, 0.05) is 28.9 Å². The predicted molar refractivity (Wildman–Crippen MR) is 187 cm³/mol. The second-order valence-electron chi connectivity index (χ2n) is 12.5. The van der Waals surface area contributed by atoms with E-state index in [2.05, 4.69) is 169 Å². The highest BCUT2D eigenvalue weighted by Gasteiger charge is 2.52. The summed E-state index contributed by atoms with van der Waals surface area (Å²) in [7, 11) is 0. The van der Waals surface area contributed by atoms with Gasteiger partial charge in [0.15, 0.2) is 0 Å². The molecule has 3 heterocycles. The Kier molecular flexibility index (Phi) is 5.30. The van der Waals surface area contributed by atoms with Gasteiger partial charge in [-0.05, 0) is 80.9 Å². The highest BCUT2D eigenvalue weighted by atomic mass is 16.5. The fourth-order valence-corrected chi connectivity index (χ4v) is 8.19. The fraction of sp³-hybridized carbons (Fsp3) is 0.0455. The molecule has 2 nitrogen and oxygen atoms in total. The van der Waals surface area contributed by atoms with Crippen molar-refractivity contribution in [2.45, 2.75) is 12.0 Å². The van der Waals surface area contributed by atoms with Crippen molar-refractivity contribution in [2.24, 2.45) is 0 Å². The lowest BCUT2D eigenvalue weighted by molar-refractivity contribution is 0.433. The van der Waals surface area contributed by atoms with Crippen LogP contribution in [0.1, 0.15) is 27.8 Å². The van der Waals surface area contributed by atoms with Crippen molar-refractivity contribution >= 4 is 11.4 Å². The zero-order chi connectivity index (χ0) is 30.2. The van der Waals surface area contributed by atoms with Crippen molar-refractivity contribution < 1.29 is 4.74 Å². The van der Waals surface area contributed by atoms with Gasteiger partial charge in [0.2, 0.25) is 0 Å². The van der Waals surface area contributed by atoms with E-state index in [-0.39, 0.29) is 0 Å². The molecule has 3 aliphatic heterocycles. The van der Waals surface area contributed by atoms with E-state index >= 15 is 0 Å². The molecule has 0 saturated heterocycles. The molecule has 1 spiro atoms. The van der Waals surface area contributed by atoms with E-state index in [0.717, 1.165) is 18.0 Å². The van der Waals surface area contributed by atoms with Gasteiger partial charge in [-0.1, -0.05) is 127 Å². The Balaban J connectivity index is 1.41. The topological polar surface area (TPSA) is 12.5 Å². The lowest BCUT2D eigenvalue weighted by atomic mass is 9.59. The van der Waals surface area contributed by atoms with Gasteiger partial charge in [0.05, 0.1) is 11.1 Å². The maximum Gasteiger partial charge on any atom is 0.132 e. The molecule has 0 amide bonds. The standard InChI is InChI=1S/C44H29NO/c1-3-13-29(14-4-1)31-23-24-40-38(26-31)44(36-19-9-11-21-41(36)46-42-22-12-10-20-37(42)44)39-27-33(30-15-5-2-6-16-30)25-35-34-18-8-7-17-32(34)28-45(40)43(35)39/h1-27H,28H2. The monoisotopic (exact) mass is 587 g/mol. The molecule has 0 aromatic heterocycles. The average molecular weight is 588 g/mol. The normalized spacial score (nSPS) is 14.3. The molecule has 0 unspecified atom stereocenters. The average Bonchev–Trinajstić information content (AvgIpc) is 3.13. The molecular formula is C44H29NO. The van der Waals surface area contributed by atoms with Crippen LogP contribution in [0.5, 0.6) is 11.5 Å². The SMILES string of the molecule is c1ccc(-c2ccc3c(c2)C2(c4ccccc4Oc4ccccc42)c2cc(-c4ccccc4)cc4c2N3Cc2ccccc2-4)cc1. The Morgan fingerprint density at radius 2 is 1.02 bits per heavy atom. The molecule has 3 aliphatic rings. The Hall–Kier alpha value is -5.86. The molecule has 2 heteroatoms. The minimum Gasteiger partial charge on any atom is -0.457 e. The third-order valence-electron chi connectivity index (χ3n) is 10.1. The Morgan fingerprint density at radius 3 is 1.74 bits per heavy atom. The first-order chi connectivity index (χ1) is 22.8. The minimum absolute atomic E-state index is 0.608. The second kappa shape index (κ2) is 9.57. The van der Waals surface area contributed by atoms with Gasteiger partial charge in [-0.25, -0.2) is 0 Å². The van der Waals surface area contributed by atoms with Gasteiger partial charge < -0.3 is 9.64 Å². The molecule has 0 atom stereocenters. The molecule has 7 aromatic carbocycles. The van der Waals surface area contributed by atoms with Crippen LogP contribution in [-0.4, -0.2) is 0 Å². The molecule has 0 fully saturated rings. The van der Waals surface area contributed by atoms with Crippen LogP contribution in [-0.2, 0) is 12.0 Å². The van der Waals surface area contributed by atoms with Gasteiger partial charge in [-0.2, -0.15) is 0 Å². The smallest absolute Gasteiger partial charge is 0.132 e.